The molecule has 0 aromatic rings. The molecule has 1 saturated carbocycles. The molecule has 1 amide bonds. The van der Waals surface area contributed by atoms with Crippen LogP contribution in [0.2, 0.25) is 0 Å². The van der Waals surface area contributed by atoms with Crippen LogP contribution in [0.15, 0.2) is 0 Å². The first-order valence-electron chi connectivity index (χ1n) is 7.47. The lowest BCUT2D eigenvalue weighted by molar-refractivity contribution is -0.180. The van der Waals surface area contributed by atoms with Gasteiger partial charge in [-0.25, -0.2) is 0 Å². The highest BCUT2D eigenvalue weighted by atomic mass is 16.5. The van der Waals surface area contributed by atoms with Crippen molar-refractivity contribution in [2.75, 3.05) is 13.2 Å². The third-order valence-corrected chi connectivity index (χ3v) is 5.61. The lowest BCUT2D eigenvalue weighted by Crippen LogP contribution is -2.76. The van der Waals surface area contributed by atoms with Gasteiger partial charge in [0.05, 0.1) is 6.10 Å². The van der Waals surface area contributed by atoms with E-state index in [1.165, 1.54) is 0 Å². The van der Waals surface area contributed by atoms with Crippen LogP contribution >= 0.6 is 0 Å². The van der Waals surface area contributed by atoms with Gasteiger partial charge >= 0.3 is 0 Å². The molecule has 1 saturated heterocycles. The van der Waals surface area contributed by atoms with Crippen LogP contribution in [0, 0.1) is 11.3 Å². The Labute approximate surface area is 116 Å². The fourth-order valence-corrected chi connectivity index (χ4v) is 3.44. The number of amides is 1. The monoisotopic (exact) mass is 268 g/mol. The van der Waals surface area contributed by atoms with Gasteiger partial charge < -0.3 is 15.4 Å². The molecule has 0 spiro atoms. The van der Waals surface area contributed by atoms with E-state index < -0.39 is 5.54 Å². The molecule has 0 bridgehead atoms. The van der Waals surface area contributed by atoms with Crippen molar-refractivity contribution in [3.8, 4) is 0 Å². The smallest absolute Gasteiger partial charge is 0.243 e. The number of nitrogens with zero attached hydrogens (tertiary/aromatic N) is 1. The van der Waals surface area contributed by atoms with Crippen LogP contribution in [-0.2, 0) is 9.53 Å². The Hall–Kier alpha value is -0.610. The van der Waals surface area contributed by atoms with E-state index in [2.05, 4.69) is 27.7 Å². The molecule has 1 heterocycles. The number of hydrogen-bond acceptors (Lipinski definition) is 3. The van der Waals surface area contributed by atoms with E-state index in [4.69, 9.17) is 10.5 Å². The van der Waals surface area contributed by atoms with E-state index in [0.717, 1.165) is 13.0 Å². The molecular formula is C15H28N2O2. The number of ether oxygens (including phenoxy) is 1. The summed E-state index contributed by atoms with van der Waals surface area (Å²) < 4.78 is 5.70. The summed E-state index contributed by atoms with van der Waals surface area (Å²) in [6, 6.07) is 0.301. The van der Waals surface area contributed by atoms with Crippen LogP contribution < -0.4 is 5.73 Å². The number of nitrogens with two attached hydrogens (primary N) is 1. The first-order chi connectivity index (χ1) is 8.75. The maximum atomic E-state index is 12.8. The predicted octanol–water partition coefficient (Wildman–Crippen LogP) is 1.78. The summed E-state index contributed by atoms with van der Waals surface area (Å²) in [5, 5.41) is 0. The number of carbonyl (C=O) groups is 1. The summed E-state index contributed by atoms with van der Waals surface area (Å²) in [7, 11) is 0. The minimum atomic E-state index is -0.759. The standard InChI is InChI=1S/C15H28N2O2/c1-6-19-12-9-15(16,14(12,4)5)13(18)17-8-7-10(2)11(17)3/h10-12H,6-9,16H2,1-5H3. The first kappa shape index (κ1) is 14.8. The molecule has 4 nitrogen and oxygen atoms in total. The third kappa shape index (κ3) is 2.00. The van der Waals surface area contributed by atoms with E-state index in [9.17, 15) is 4.79 Å². The van der Waals surface area contributed by atoms with Gasteiger partial charge in [-0.15, -0.1) is 0 Å². The molecule has 110 valence electrons. The second-order valence-corrected chi connectivity index (χ2v) is 6.85. The molecule has 2 N–H and O–H groups in total. The molecule has 2 aliphatic rings. The van der Waals surface area contributed by atoms with Crippen LogP contribution in [0.25, 0.3) is 0 Å². The van der Waals surface area contributed by atoms with Crippen LogP contribution in [0.1, 0.15) is 47.5 Å². The predicted molar refractivity (Wildman–Crippen MR) is 75.7 cm³/mol. The van der Waals surface area contributed by atoms with Crippen molar-refractivity contribution in [3.63, 3.8) is 0 Å². The highest BCUT2D eigenvalue weighted by Gasteiger charge is 2.64. The molecule has 2 fully saturated rings. The lowest BCUT2D eigenvalue weighted by Gasteiger charge is -2.58. The maximum absolute atomic E-state index is 12.8. The topological polar surface area (TPSA) is 55.6 Å². The van der Waals surface area contributed by atoms with Gasteiger partial charge in [0.2, 0.25) is 5.91 Å². The Balaban J connectivity index is 2.12. The quantitative estimate of drug-likeness (QED) is 0.849. The van der Waals surface area contributed by atoms with E-state index >= 15 is 0 Å². The summed E-state index contributed by atoms with van der Waals surface area (Å²) in [6.07, 6.45) is 1.82. The van der Waals surface area contributed by atoms with Crippen molar-refractivity contribution >= 4 is 5.91 Å². The minimum absolute atomic E-state index is 0.0989. The molecule has 4 heteroatoms. The first-order valence-corrected chi connectivity index (χ1v) is 7.47. The molecule has 0 radical (unpaired) electrons. The van der Waals surface area contributed by atoms with Crippen LogP contribution in [-0.4, -0.2) is 41.6 Å². The van der Waals surface area contributed by atoms with Gasteiger partial charge in [0, 0.05) is 31.0 Å². The second-order valence-electron chi connectivity index (χ2n) is 6.85. The van der Waals surface area contributed by atoms with Crippen LogP contribution in [0.3, 0.4) is 0 Å². The summed E-state index contributed by atoms with van der Waals surface area (Å²) in [6.45, 7) is 11.9. The van der Waals surface area contributed by atoms with Crippen molar-refractivity contribution in [2.24, 2.45) is 17.1 Å². The zero-order valence-electron chi connectivity index (χ0n) is 12.9. The molecule has 0 aromatic heterocycles. The van der Waals surface area contributed by atoms with Crippen molar-refractivity contribution < 1.29 is 9.53 Å². The molecular weight excluding hydrogens is 240 g/mol. The Morgan fingerprint density at radius 2 is 2.05 bits per heavy atom. The lowest BCUT2D eigenvalue weighted by atomic mass is 9.54. The molecule has 1 aliphatic carbocycles. The van der Waals surface area contributed by atoms with Gasteiger partial charge in [0.1, 0.15) is 5.54 Å². The summed E-state index contributed by atoms with van der Waals surface area (Å²) in [4.78, 5) is 14.8. The maximum Gasteiger partial charge on any atom is 0.243 e. The Morgan fingerprint density at radius 1 is 1.42 bits per heavy atom. The average molecular weight is 268 g/mol. The number of likely N-dealkylation sites (tertiary alicyclic amines) is 1. The third-order valence-electron chi connectivity index (χ3n) is 5.61. The molecule has 2 rings (SSSR count). The zero-order chi connectivity index (χ0) is 14.4. The van der Waals surface area contributed by atoms with E-state index in [1.54, 1.807) is 0 Å². The van der Waals surface area contributed by atoms with E-state index in [1.807, 2.05) is 11.8 Å². The molecule has 1 aliphatic heterocycles. The largest absolute Gasteiger partial charge is 0.378 e. The molecule has 4 unspecified atom stereocenters. The molecule has 19 heavy (non-hydrogen) atoms. The van der Waals surface area contributed by atoms with Gasteiger partial charge in [0.25, 0.3) is 0 Å². The van der Waals surface area contributed by atoms with Gasteiger partial charge in [-0.2, -0.15) is 0 Å². The zero-order valence-corrected chi connectivity index (χ0v) is 12.9. The van der Waals surface area contributed by atoms with Crippen LogP contribution in [0.5, 0.6) is 0 Å². The summed E-state index contributed by atoms with van der Waals surface area (Å²) in [5.74, 6) is 0.684. The number of rotatable bonds is 3. The molecule has 4 atom stereocenters. The highest BCUT2D eigenvalue weighted by Crippen LogP contribution is 2.51. The van der Waals surface area contributed by atoms with E-state index in [-0.39, 0.29) is 17.4 Å². The summed E-state index contributed by atoms with van der Waals surface area (Å²) >= 11 is 0. The number of hydrogen-bond donors (Lipinski definition) is 1. The average Bonchev–Trinajstić information content (AvgIpc) is 2.68. The Kier molecular flexibility index (Phi) is 3.69. The number of carbonyl (C=O) groups excluding carboxylic acids is 1. The Morgan fingerprint density at radius 3 is 2.47 bits per heavy atom. The molecule has 0 aromatic carbocycles. The van der Waals surface area contributed by atoms with Gasteiger partial charge in [-0.05, 0) is 26.2 Å². The van der Waals surface area contributed by atoms with Crippen molar-refractivity contribution in [2.45, 2.75) is 65.1 Å². The highest BCUT2D eigenvalue weighted by molar-refractivity contribution is 5.89. The van der Waals surface area contributed by atoms with Crippen molar-refractivity contribution in [3.05, 3.63) is 0 Å². The van der Waals surface area contributed by atoms with E-state index in [0.29, 0.717) is 25.0 Å². The fourth-order valence-electron chi connectivity index (χ4n) is 3.44. The van der Waals surface area contributed by atoms with Gasteiger partial charge in [-0.3, -0.25) is 4.79 Å². The SMILES string of the molecule is CCOC1CC(N)(C(=O)N2CCC(C)C2C)C1(C)C. The van der Waals surface area contributed by atoms with Gasteiger partial charge in [-0.1, -0.05) is 20.8 Å². The summed E-state index contributed by atoms with van der Waals surface area (Å²) in [5.41, 5.74) is 5.42. The van der Waals surface area contributed by atoms with Crippen molar-refractivity contribution in [1.29, 1.82) is 0 Å². The van der Waals surface area contributed by atoms with Crippen molar-refractivity contribution in [1.82, 2.24) is 4.90 Å². The van der Waals surface area contributed by atoms with Gasteiger partial charge in [0.15, 0.2) is 0 Å². The van der Waals surface area contributed by atoms with Crippen LogP contribution in [0.4, 0.5) is 0 Å². The minimum Gasteiger partial charge on any atom is -0.378 e. The second kappa shape index (κ2) is 4.74. The Bertz CT molecular complexity index is 369. The normalized spacial score (nSPS) is 41.2. The fraction of sp³-hybridized carbons (Fsp3) is 0.933.